The molecule has 0 spiro atoms. The molecule has 3 aromatic carbocycles. The molecule has 2 atom stereocenters. The topological polar surface area (TPSA) is 229 Å². The third-order valence-electron chi connectivity index (χ3n) is 12.2. The summed E-state index contributed by atoms with van der Waals surface area (Å²) in [6, 6.07) is 21.0. The average Bonchev–Trinajstić information content (AvgIpc) is 3.88. The number of para-hydroxylation sites is 1. The summed E-state index contributed by atoms with van der Waals surface area (Å²) in [6.45, 7) is 4.72. The van der Waals surface area contributed by atoms with Crippen molar-refractivity contribution in [1.29, 1.82) is 0 Å². The highest BCUT2D eigenvalue weighted by Crippen LogP contribution is 2.36. The summed E-state index contributed by atoms with van der Waals surface area (Å²) >= 11 is 0. The van der Waals surface area contributed by atoms with Gasteiger partial charge in [-0.15, -0.1) is 0 Å². The Morgan fingerprint density at radius 2 is 1.42 bits per heavy atom. The second-order valence-electron chi connectivity index (χ2n) is 16.9. The minimum atomic E-state index is -1.05. The molecule has 19 nitrogen and oxygen atoms in total. The molecule has 0 bridgehead atoms. The Balaban J connectivity index is 0.640. The van der Waals surface area contributed by atoms with Gasteiger partial charge in [0.05, 0.1) is 68.8 Å². The maximum atomic E-state index is 13.3. The SMILES string of the molecule is Nc1ncnc2c1c(-c1ccc(Oc3ccccc3)cc1)nn2C1CCCN(C(=O)CCCCCCOCCOCCOCCOCCOc2cccc3c2C(=O)N(C2CCC(=O)NC2=O)C3=O)C1. The van der Waals surface area contributed by atoms with Crippen LogP contribution in [0, 0.1) is 0 Å². The minimum absolute atomic E-state index is 0.0406. The Bertz CT molecular complexity index is 2570. The van der Waals surface area contributed by atoms with Crippen LogP contribution in [0.15, 0.2) is 79.1 Å². The number of anilines is 1. The highest BCUT2D eigenvalue weighted by atomic mass is 16.6. The number of nitrogens with zero attached hydrogens (tertiary/aromatic N) is 6. The monoisotopic (exact) mass is 946 g/mol. The summed E-state index contributed by atoms with van der Waals surface area (Å²) < 4.78 is 36.2. The van der Waals surface area contributed by atoms with Crippen LogP contribution in [0.5, 0.6) is 17.2 Å². The van der Waals surface area contributed by atoms with Crippen LogP contribution in [0.25, 0.3) is 22.3 Å². The number of carbonyl (C=O) groups excluding carboxylic acids is 5. The number of ether oxygens (including phenoxy) is 6. The van der Waals surface area contributed by atoms with Gasteiger partial charge in [-0.25, -0.2) is 14.6 Å². The van der Waals surface area contributed by atoms with E-state index in [1.165, 1.54) is 12.4 Å². The first-order valence-corrected chi connectivity index (χ1v) is 23.6. The van der Waals surface area contributed by atoms with E-state index in [1.54, 1.807) is 12.1 Å². The van der Waals surface area contributed by atoms with E-state index in [9.17, 15) is 24.0 Å². The molecular weight excluding hydrogens is 889 g/mol. The van der Waals surface area contributed by atoms with Crippen LogP contribution in [0.4, 0.5) is 5.82 Å². The van der Waals surface area contributed by atoms with Gasteiger partial charge in [-0.05, 0) is 80.6 Å². The fourth-order valence-electron chi connectivity index (χ4n) is 8.71. The third-order valence-corrected chi connectivity index (χ3v) is 12.2. The number of benzene rings is 3. The molecule has 5 heterocycles. The number of hydrogen-bond donors (Lipinski definition) is 2. The highest BCUT2D eigenvalue weighted by Gasteiger charge is 2.46. The number of piperidine rings is 2. The number of unbranched alkanes of at least 4 members (excludes halogenated alkanes) is 3. The lowest BCUT2D eigenvalue weighted by atomic mass is 10.0. The first kappa shape index (κ1) is 48.6. The molecule has 3 N–H and O–H groups in total. The summed E-state index contributed by atoms with van der Waals surface area (Å²) in [5.74, 6) is -0.108. The van der Waals surface area contributed by atoms with Gasteiger partial charge in [0, 0.05) is 38.1 Å². The molecule has 2 unspecified atom stereocenters. The molecular formula is C50H58N8O11. The number of fused-ring (bicyclic) bond motifs is 2. The van der Waals surface area contributed by atoms with Crippen molar-refractivity contribution >= 4 is 46.4 Å². The molecule has 19 heteroatoms. The number of imide groups is 2. The van der Waals surface area contributed by atoms with Crippen molar-refractivity contribution in [2.75, 3.05) is 78.3 Å². The molecule has 5 aromatic rings. The van der Waals surface area contributed by atoms with Gasteiger partial charge >= 0.3 is 0 Å². The molecule has 2 fully saturated rings. The highest BCUT2D eigenvalue weighted by molar-refractivity contribution is 6.24. The second kappa shape index (κ2) is 24.0. The number of nitrogen functional groups attached to an aromatic ring is 1. The number of rotatable bonds is 25. The number of amides is 5. The lowest BCUT2D eigenvalue weighted by Crippen LogP contribution is -2.54. The molecule has 3 aliphatic heterocycles. The molecule has 0 aliphatic carbocycles. The number of likely N-dealkylation sites (tertiary alicyclic amines) is 1. The molecule has 364 valence electrons. The molecule has 2 saturated heterocycles. The smallest absolute Gasteiger partial charge is 0.266 e. The molecule has 8 rings (SSSR count). The Morgan fingerprint density at radius 1 is 0.725 bits per heavy atom. The zero-order chi connectivity index (χ0) is 48.0. The molecule has 0 radical (unpaired) electrons. The Hall–Kier alpha value is -6.80. The number of aromatic nitrogens is 4. The second-order valence-corrected chi connectivity index (χ2v) is 16.9. The Labute approximate surface area is 399 Å². The largest absolute Gasteiger partial charge is 0.490 e. The summed E-state index contributed by atoms with van der Waals surface area (Å²) in [6.07, 6.45) is 7.47. The van der Waals surface area contributed by atoms with Gasteiger partial charge in [-0.2, -0.15) is 5.10 Å². The Kier molecular flexibility index (Phi) is 16.9. The van der Waals surface area contributed by atoms with Gasteiger partial charge in [0.15, 0.2) is 5.65 Å². The maximum Gasteiger partial charge on any atom is 0.266 e. The van der Waals surface area contributed by atoms with E-state index in [0.29, 0.717) is 87.5 Å². The first-order valence-electron chi connectivity index (χ1n) is 23.6. The van der Waals surface area contributed by atoms with Crippen LogP contribution in [-0.2, 0) is 33.3 Å². The van der Waals surface area contributed by atoms with E-state index in [2.05, 4.69) is 15.3 Å². The lowest BCUT2D eigenvalue weighted by Gasteiger charge is -2.33. The summed E-state index contributed by atoms with van der Waals surface area (Å²) in [5, 5.41) is 7.92. The molecule has 69 heavy (non-hydrogen) atoms. The van der Waals surface area contributed by atoms with Crippen molar-refractivity contribution in [3.05, 3.63) is 90.3 Å². The summed E-state index contributed by atoms with van der Waals surface area (Å²) in [5.41, 5.74) is 8.88. The van der Waals surface area contributed by atoms with Crippen molar-refractivity contribution in [3.63, 3.8) is 0 Å². The summed E-state index contributed by atoms with van der Waals surface area (Å²) in [4.78, 5) is 75.2. The number of hydrogen-bond acceptors (Lipinski definition) is 15. The lowest BCUT2D eigenvalue weighted by molar-refractivity contribution is -0.136. The van der Waals surface area contributed by atoms with Crippen molar-refractivity contribution in [3.8, 4) is 28.5 Å². The summed E-state index contributed by atoms with van der Waals surface area (Å²) in [7, 11) is 0. The average molecular weight is 947 g/mol. The van der Waals surface area contributed by atoms with Gasteiger partial charge in [0.2, 0.25) is 17.7 Å². The third kappa shape index (κ3) is 12.3. The van der Waals surface area contributed by atoms with E-state index in [0.717, 1.165) is 61.3 Å². The fraction of sp³-hybridized carbons (Fsp3) is 0.440. The predicted molar refractivity (Wildman–Crippen MR) is 252 cm³/mol. The zero-order valence-electron chi connectivity index (χ0n) is 38.6. The van der Waals surface area contributed by atoms with Crippen molar-refractivity contribution in [2.24, 2.45) is 0 Å². The van der Waals surface area contributed by atoms with Gasteiger partial charge in [-0.3, -0.25) is 34.2 Å². The van der Waals surface area contributed by atoms with Crippen LogP contribution in [0.1, 0.15) is 84.5 Å². The molecule has 3 aliphatic rings. The van der Waals surface area contributed by atoms with E-state index in [4.69, 9.17) is 39.3 Å². The predicted octanol–water partition coefficient (Wildman–Crippen LogP) is 5.53. The van der Waals surface area contributed by atoms with Crippen LogP contribution in [0.2, 0.25) is 0 Å². The first-order chi connectivity index (χ1) is 33.8. The zero-order valence-corrected chi connectivity index (χ0v) is 38.6. The molecule has 5 amide bonds. The quantitative estimate of drug-likeness (QED) is 0.0542. The van der Waals surface area contributed by atoms with Crippen molar-refractivity contribution in [2.45, 2.75) is 69.9 Å². The maximum absolute atomic E-state index is 13.3. The van der Waals surface area contributed by atoms with Gasteiger partial charge in [-0.1, -0.05) is 37.1 Å². The van der Waals surface area contributed by atoms with Crippen LogP contribution in [0.3, 0.4) is 0 Å². The van der Waals surface area contributed by atoms with Gasteiger partial charge < -0.3 is 39.1 Å². The van der Waals surface area contributed by atoms with E-state index < -0.39 is 29.7 Å². The van der Waals surface area contributed by atoms with E-state index >= 15 is 0 Å². The molecule has 0 saturated carbocycles. The van der Waals surface area contributed by atoms with Gasteiger partial charge in [0.25, 0.3) is 11.8 Å². The fourth-order valence-corrected chi connectivity index (χ4v) is 8.71. The van der Waals surface area contributed by atoms with E-state index in [1.807, 2.05) is 64.2 Å². The number of nitrogens with one attached hydrogen (secondary N) is 1. The Morgan fingerprint density at radius 3 is 2.16 bits per heavy atom. The van der Waals surface area contributed by atoms with Crippen molar-refractivity contribution in [1.82, 2.24) is 34.9 Å². The van der Waals surface area contributed by atoms with E-state index in [-0.39, 0.29) is 54.9 Å². The van der Waals surface area contributed by atoms with Crippen LogP contribution < -0.4 is 20.5 Å². The standard InChI is InChI=1S/C50H58N8O11/c51-46-44-45(34-16-18-37(19-17-34)69-36-11-4-3-5-12-36)55-58(47(44)53-33-52-46)35-10-9-22-56(32-35)42(60)15-6-1-2-7-23-64-24-25-65-26-27-66-28-29-67-30-31-68-40-14-8-13-38-43(40)50(63)57(49(38)62)39-20-21-41(59)54-48(39)61/h3-5,8,11-14,16-19,33,35,39H,1-2,6-7,9-10,15,20-32H2,(H2,51,52,53)(H,54,59,61). The number of carbonyl (C=O) groups is 5. The minimum Gasteiger partial charge on any atom is -0.490 e. The van der Waals surface area contributed by atoms with Crippen molar-refractivity contribution < 1.29 is 52.4 Å². The normalized spacial score (nSPS) is 17.1. The van der Waals surface area contributed by atoms with Crippen LogP contribution in [-0.4, -0.2) is 138 Å². The number of nitrogens with two attached hydrogens (primary N) is 1. The van der Waals surface area contributed by atoms with Crippen LogP contribution >= 0.6 is 0 Å². The molecule has 2 aromatic heterocycles. The van der Waals surface area contributed by atoms with Gasteiger partial charge in [0.1, 0.15) is 47.7 Å².